The fraction of sp³-hybridized carbons (Fsp3) is 0.467. The minimum atomic E-state index is 0.0660. The summed E-state index contributed by atoms with van der Waals surface area (Å²) in [5, 5.41) is 0.705. The fourth-order valence-corrected chi connectivity index (χ4v) is 3.70. The van der Waals surface area contributed by atoms with Crippen molar-refractivity contribution < 1.29 is 0 Å². The third-order valence-corrected chi connectivity index (χ3v) is 4.64. The summed E-state index contributed by atoms with van der Waals surface area (Å²) in [6.07, 6.45) is 4.78. The predicted molar refractivity (Wildman–Crippen MR) is 80.6 cm³/mol. The lowest BCUT2D eigenvalue weighted by Gasteiger charge is -2.15. The van der Waals surface area contributed by atoms with Crippen LogP contribution in [-0.4, -0.2) is 9.55 Å². The molecular weight excluding hydrogens is 304 g/mol. The maximum atomic E-state index is 12.5. The molecule has 1 saturated carbocycles. The Morgan fingerprint density at radius 1 is 1.32 bits per heavy atom. The number of aryl methyl sites for hydroxylation is 1. The van der Waals surface area contributed by atoms with Gasteiger partial charge < -0.3 is 0 Å². The van der Waals surface area contributed by atoms with Crippen LogP contribution in [0.4, 0.5) is 0 Å². The minimum absolute atomic E-state index is 0.0660. The smallest absolute Gasteiger partial charge is 0.261 e. The molecule has 0 saturated heterocycles. The van der Waals surface area contributed by atoms with E-state index < -0.39 is 0 Å². The highest BCUT2D eigenvalue weighted by Crippen LogP contribution is 2.33. The summed E-state index contributed by atoms with van der Waals surface area (Å²) in [7, 11) is 1.85. The lowest BCUT2D eigenvalue weighted by Crippen LogP contribution is -2.24. The Balaban J connectivity index is 2.31. The maximum Gasteiger partial charge on any atom is 0.261 e. The summed E-state index contributed by atoms with van der Waals surface area (Å²) in [5.74, 6) is 1.38. The molecule has 3 nitrogen and oxygen atoms in total. The van der Waals surface area contributed by atoms with Gasteiger partial charge in [-0.15, -0.1) is 0 Å². The Labute approximate surface area is 120 Å². The number of hydrogen-bond acceptors (Lipinski definition) is 2. The van der Waals surface area contributed by atoms with Crippen LogP contribution in [0.15, 0.2) is 21.4 Å². The zero-order valence-electron chi connectivity index (χ0n) is 11.2. The standard InChI is InChI=1S/C15H17BrN2O/c1-9-7-11-13(12(16)8-9)17-14(18(2)15(11)19)10-5-3-4-6-10/h7-8,10H,3-6H2,1-2H3. The number of rotatable bonds is 1. The molecule has 0 unspecified atom stereocenters. The van der Waals surface area contributed by atoms with Gasteiger partial charge >= 0.3 is 0 Å². The molecule has 4 heteroatoms. The van der Waals surface area contributed by atoms with E-state index in [2.05, 4.69) is 15.9 Å². The van der Waals surface area contributed by atoms with E-state index in [4.69, 9.17) is 4.98 Å². The topological polar surface area (TPSA) is 34.9 Å². The normalized spacial score (nSPS) is 16.4. The molecule has 0 aliphatic heterocycles. The molecule has 1 aromatic heterocycles. The van der Waals surface area contributed by atoms with E-state index in [1.807, 2.05) is 26.1 Å². The lowest BCUT2D eigenvalue weighted by atomic mass is 10.1. The van der Waals surface area contributed by atoms with E-state index in [-0.39, 0.29) is 5.56 Å². The summed E-state index contributed by atoms with van der Waals surface area (Å²) >= 11 is 3.54. The molecule has 0 amide bonds. The third kappa shape index (κ3) is 2.12. The first-order valence-corrected chi connectivity index (χ1v) is 7.54. The molecule has 0 N–H and O–H groups in total. The zero-order chi connectivity index (χ0) is 13.6. The van der Waals surface area contributed by atoms with Crippen molar-refractivity contribution in [2.24, 2.45) is 7.05 Å². The van der Waals surface area contributed by atoms with E-state index in [0.717, 1.165) is 34.2 Å². The first-order valence-electron chi connectivity index (χ1n) is 6.74. The average Bonchev–Trinajstić information content (AvgIpc) is 2.88. The summed E-state index contributed by atoms with van der Waals surface area (Å²) in [5.41, 5.74) is 1.94. The molecule has 100 valence electrons. The molecule has 3 rings (SSSR count). The molecule has 1 aliphatic carbocycles. The molecule has 2 aromatic rings. The zero-order valence-corrected chi connectivity index (χ0v) is 12.8. The quantitative estimate of drug-likeness (QED) is 0.803. The average molecular weight is 321 g/mol. The summed E-state index contributed by atoms with van der Waals surface area (Å²) < 4.78 is 2.66. The van der Waals surface area contributed by atoms with Gasteiger partial charge in [0.25, 0.3) is 5.56 Å². The number of hydrogen-bond donors (Lipinski definition) is 0. The monoisotopic (exact) mass is 320 g/mol. The molecule has 19 heavy (non-hydrogen) atoms. The van der Waals surface area contributed by atoms with Gasteiger partial charge in [0.15, 0.2) is 0 Å². The number of nitrogens with zero attached hydrogens (tertiary/aromatic N) is 2. The number of halogens is 1. The van der Waals surface area contributed by atoms with Gasteiger partial charge in [0.2, 0.25) is 0 Å². The molecule has 0 bridgehead atoms. The SMILES string of the molecule is Cc1cc(Br)c2nc(C3CCCC3)n(C)c(=O)c2c1. The van der Waals surface area contributed by atoms with E-state index >= 15 is 0 Å². The Bertz CT molecular complexity index is 699. The summed E-state index contributed by atoms with van der Waals surface area (Å²) in [4.78, 5) is 17.3. The van der Waals surface area contributed by atoms with Gasteiger partial charge in [-0.25, -0.2) is 4.98 Å². The molecular formula is C15H17BrN2O. The Kier molecular flexibility index (Phi) is 3.21. The molecule has 0 atom stereocenters. The van der Waals surface area contributed by atoms with Crippen molar-refractivity contribution in [3.63, 3.8) is 0 Å². The van der Waals surface area contributed by atoms with Crippen LogP contribution in [0.1, 0.15) is 43.0 Å². The van der Waals surface area contributed by atoms with Crippen molar-refractivity contribution in [3.8, 4) is 0 Å². The van der Waals surface area contributed by atoms with Crippen LogP contribution in [0, 0.1) is 6.92 Å². The van der Waals surface area contributed by atoms with Crippen LogP contribution < -0.4 is 5.56 Å². The van der Waals surface area contributed by atoms with E-state index in [1.54, 1.807) is 4.57 Å². The van der Waals surface area contributed by atoms with Crippen LogP contribution in [-0.2, 0) is 7.05 Å². The second kappa shape index (κ2) is 4.75. The van der Waals surface area contributed by atoms with Gasteiger partial charge in [-0.1, -0.05) is 12.8 Å². The molecule has 1 aliphatic rings. The highest BCUT2D eigenvalue weighted by Gasteiger charge is 2.22. The molecule has 1 aromatic carbocycles. The number of aromatic nitrogens is 2. The summed E-state index contributed by atoms with van der Waals surface area (Å²) in [6, 6.07) is 3.95. The van der Waals surface area contributed by atoms with Crippen molar-refractivity contribution >= 4 is 26.8 Å². The molecule has 0 spiro atoms. The van der Waals surface area contributed by atoms with E-state index in [9.17, 15) is 4.79 Å². The van der Waals surface area contributed by atoms with Gasteiger partial charge in [0.05, 0.1) is 10.9 Å². The van der Waals surface area contributed by atoms with Crippen molar-refractivity contribution in [2.45, 2.75) is 38.5 Å². The number of benzene rings is 1. The fourth-order valence-electron chi connectivity index (χ4n) is 3.03. The first-order chi connectivity index (χ1) is 9.08. The minimum Gasteiger partial charge on any atom is -0.299 e. The van der Waals surface area contributed by atoms with E-state index in [0.29, 0.717) is 11.3 Å². The highest BCUT2D eigenvalue weighted by atomic mass is 79.9. The van der Waals surface area contributed by atoms with Crippen molar-refractivity contribution in [1.29, 1.82) is 0 Å². The largest absolute Gasteiger partial charge is 0.299 e. The predicted octanol–water partition coefficient (Wildman–Crippen LogP) is 3.66. The second-order valence-corrected chi connectivity index (χ2v) is 6.31. The first kappa shape index (κ1) is 12.9. The third-order valence-electron chi connectivity index (χ3n) is 4.03. The second-order valence-electron chi connectivity index (χ2n) is 5.46. The summed E-state index contributed by atoms with van der Waals surface area (Å²) in [6.45, 7) is 1.99. The van der Waals surface area contributed by atoms with Gasteiger partial charge in [0, 0.05) is 17.4 Å². The van der Waals surface area contributed by atoms with Crippen LogP contribution in [0.2, 0.25) is 0 Å². The van der Waals surface area contributed by atoms with Gasteiger partial charge in [-0.05, 0) is 53.4 Å². The molecule has 0 radical (unpaired) electrons. The van der Waals surface area contributed by atoms with Gasteiger partial charge in [-0.3, -0.25) is 9.36 Å². The van der Waals surface area contributed by atoms with Crippen LogP contribution in [0.5, 0.6) is 0 Å². The van der Waals surface area contributed by atoms with Crippen LogP contribution >= 0.6 is 15.9 Å². The highest BCUT2D eigenvalue weighted by molar-refractivity contribution is 9.10. The van der Waals surface area contributed by atoms with E-state index in [1.165, 1.54) is 12.8 Å². The van der Waals surface area contributed by atoms with Crippen LogP contribution in [0.25, 0.3) is 10.9 Å². The Morgan fingerprint density at radius 3 is 2.68 bits per heavy atom. The Morgan fingerprint density at radius 2 is 2.00 bits per heavy atom. The van der Waals surface area contributed by atoms with Crippen LogP contribution in [0.3, 0.4) is 0 Å². The van der Waals surface area contributed by atoms with Crippen molar-refractivity contribution in [1.82, 2.24) is 9.55 Å². The van der Waals surface area contributed by atoms with Crippen molar-refractivity contribution in [3.05, 3.63) is 38.3 Å². The van der Waals surface area contributed by atoms with Gasteiger partial charge in [-0.2, -0.15) is 0 Å². The number of fused-ring (bicyclic) bond motifs is 1. The lowest BCUT2D eigenvalue weighted by molar-refractivity contribution is 0.611. The molecule has 1 heterocycles. The van der Waals surface area contributed by atoms with Gasteiger partial charge in [0.1, 0.15) is 5.82 Å². The Hall–Kier alpha value is -1.16. The maximum absolute atomic E-state index is 12.5. The van der Waals surface area contributed by atoms with Crippen molar-refractivity contribution in [2.75, 3.05) is 0 Å². The molecule has 1 fully saturated rings.